The van der Waals surface area contributed by atoms with Gasteiger partial charge in [0.1, 0.15) is 6.10 Å². The first-order valence-corrected chi connectivity index (χ1v) is 4.70. The first-order chi connectivity index (χ1) is 7.06. The number of aliphatic hydroxyl groups is 1. The highest BCUT2D eigenvalue weighted by atomic mass is 19.3. The van der Waals surface area contributed by atoms with Crippen molar-refractivity contribution in [1.82, 2.24) is 0 Å². The van der Waals surface area contributed by atoms with Crippen LogP contribution in [0.5, 0.6) is 0 Å². The number of alkyl halides is 2. The minimum atomic E-state index is -3.34. The van der Waals surface area contributed by atoms with Gasteiger partial charge in [-0.2, -0.15) is 8.78 Å². The molecule has 1 N–H and O–H groups in total. The molecule has 0 spiro atoms. The van der Waals surface area contributed by atoms with Crippen LogP contribution in [0.2, 0.25) is 0 Å². The molecule has 0 saturated carbocycles. The molecular weight excluding hydrogens is 198 g/mol. The standard InChI is InChI=1S/C12H12F2O/c1-2-11(15)12(13,14)9-8-10-6-4-3-5-7-10/h3-7,11,15H,2H2,1H3. The lowest BCUT2D eigenvalue weighted by atomic mass is 10.1. The van der Waals surface area contributed by atoms with E-state index in [4.69, 9.17) is 5.11 Å². The summed E-state index contributed by atoms with van der Waals surface area (Å²) >= 11 is 0. The molecule has 1 unspecified atom stereocenters. The fraction of sp³-hybridized carbons (Fsp3) is 0.333. The fourth-order valence-electron chi connectivity index (χ4n) is 1.02. The van der Waals surface area contributed by atoms with E-state index in [1.807, 2.05) is 0 Å². The van der Waals surface area contributed by atoms with Crippen molar-refractivity contribution in [3.63, 3.8) is 0 Å². The molecule has 1 nitrogen and oxygen atoms in total. The van der Waals surface area contributed by atoms with Gasteiger partial charge in [0.15, 0.2) is 0 Å². The van der Waals surface area contributed by atoms with Crippen LogP contribution >= 0.6 is 0 Å². The summed E-state index contributed by atoms with van der Waals surface area (Å²) in [7, 11) is 0. The van der Waals surface area contributed by atoms with Crippen LogP contribution in [0, 0.1) is 11.8 Å². The van der Waals surface area contributed by atoms with Crippen LogP contribution in [0.3, 0.4) is 0 Å². The van der Waals surface area contributed by atoms with E-state index in [0.717, 1.165) is 0 Å². The molecule has 0 aliphatic carbocycles. The van der Waals surface area contributed by atoms with Gasteiger partial charge in [-0.15, -0.1) is 0 Å². The third-order valence-electron chi connectivity index (χ3n) is 1.95. The van der Waals surface area contributed by atoms with Gasteiger partial charge in [0, 0.05) is 5.56 Å². The van der Waals surface area contributed by atoms with E-state index in [1.54, 1.807) is 36.3 Å². The molecule has 1 atom stereocenters. The van der Waals surface area contributed by atoms with Crippen molar-refractivity contribution in [3.8, 4) is 11.8 Å². The topological polar surface area (TPSA) is 20.2 Å². The summed E-state index contributed by atoms with van der Waals surface area (Å²) in [5.41, 5.74) is 0.514. The van der Waals surface area contributed by atoms with Crippen LogP contribution in [-0.2, 0) is 0 Å². The fourth-order valence-corrected chi connectivity index (χ4v) is 1.02. The van der Waals surface area contributed by atoms with Crippen molar-refractivity contribution in [3.05, 3.63) is 35.9 Å². The third kappa shape index (κ3) is 3.34. The highest BCUT2D eigenvalue weighted by molar-refractivity contribution is 5.35. The summed E-state index contributed by atoms with van der Waals surface area (Å²) in [6.45, 7) is 1.49. The van der Waals surface area contributed by atoms with Gasteiger partial charge in [0.2, 0.25) is 0 Å². The van der Waals surface area contributed by atoms with Crippen molar-refractivity contribution in [2.45, 2.75) is 25.4 Å². The minimum absolute atomic E-state index is 0.0174. The van der Waals surface area contributed by atoms with Gasteiger partial charge in [-0.3, -0.25) is 0 Å². The monoisotopic (exact) mass is 210 g/mol. The zero-order chi connectivity index (χ0) is 11.3. The molecule has 0 radical (unpaired) electrons. The van der Waals surface area contributed by atoms with E-state index in [2.05, 4.69) is 5.92 Å². The maximum absolute atomic E-state index is 13.1. The molecule has 3 heteroatoms. The van der Waals surface area contributed by atoms with E-state index in [0.29, 0.717) is 5.56 Å². The second kappa shape index (κ2) is 4.90. The van der Waals surface area contributed by atoms with Gasteiger partial charge in [0.25, 0.3) is 0 Å². The Morgan fingerprint density at radius 3 is 2.47 bits per heavy atom. The summed E-state index contributed by atoms with van der Waals surface area (Å²) in [4.78, 5) is 0. The Hall–Kier alpha value is -1.40. The third-order valence-corrected chi connectivity index (χ3v) is 1.95. The average molecular weight is 210 g/mol. The average Bonchev–Trinajstić information content (AvgIpc) is 2.27. The second-order valence-corrected chi connectivity index (χ2v) is 3.16. The van der Waals surface area contributed by atoms with Crippen LogP contribution in [-0.4, -0.2) is 17.1 Å². The number of rotatable bonds is 2. The predicted octanol–water partition coefficient (Wildman–Crippen LogP) is 2.44. The summed E-state index contributed by atoms with van der Waals surface area (Å²) in [6.07, 6.45) is -1.72. The molecule has 0 heterocycles. The molecule has 0 bridgehead atoms. The lowest BCUT2D eigenvalue weighted by Crippen LogP contribution is -2.31. The van der Waals surface area contributed by atoms with Crippen LogP contribution in [0.25, 0.3) is 0 Å². The Morgan fingerprint density at radius 2 is 1.93 bits per heavy atom. The van der Waals surface area contributed by atoms with Crippen molar-refractivity contribution in [2.24, 2.45) is 0 Å². The zero-order valence-electron chi connectivity index (χ0n) is 8.37. The van der Waals surface area contributed by atoms with Crippen LogP contribution in [0.4, 0.5) is 8.78 Å². The molecular formula is C12H12F2O. The van der Waals surface area contributed by atoms with Crippen molar-refractivity contribution in [1.29, 1.82) is 0 Å². The van der Waals surface area contributed by atoms with Crippen LogP contribution in [0.15, 0.2) is 30.3 Å². The normalized spacial score (nSPS) is 12.8. The Morgan fingerprint density at radius 1 is 1.33 bits per heavy atom. The molecule has 0 aliphatic rings. The van der Waals surface area contributed by atoms with Crippen molar-refractivity contribution >= 4 is 0 Å². The first kappa shape index (κ1) is 11.7. The lowest BCUT2D eigenvalue weighted by Gasteiger charge is -2.14. The van der Waals surface area contributed by atoms with E-state index >= 15 is 0 Å². The van der Waals surface area contributed by atoms with E-state index in [-0.39, 0.29) is 6.42 Å². The summed E-state index contributed by atoms with van der Waals surface area (Å²) < 4.78 is 26.2. The number of hydrogen-bond donors (Lipinski definition) is 1. The van der Waals surface area contributed by atoms with Gasteiger partial charge in [-0.25, -0.2) is 0 Å². The number of aliphatic hydroxyl groups excluding tert-OH is 1. The molecule has 1 rings (SSSR count). The molecule has 80 valence electrons. The molecule has 0 saturated heterocycles. The van der Waals surface area contributed by atoms with E-state index in [1.165, 1.54) is 6.92 Å². The molecule has 0 amide bonds. The highest BCUT2D eigenvalue weighted by Crippen LogP contribution is 2.19. The highest BCUT2D eigenvalue weighted by Gasteiger charge is 2.34. The van der Waals surface area contributed by atoms with Crippen molar-refractivity contribution < 1.29 is 13.9 Å². The van der Waals surface area contributed by atoms with Gasteiger partial charge in [-0.1, -0.05) is 31.0 Å². The summed E-state index contributed by atoms with van der Waals surface area (Å²) in [5.74, 6) is 0.790. The summed E-state index contributed by atoms with van der Waals surface area (Å²) in [6, 6.07) is 8.50. The van der Waals surface area contributed by atoms with Gasteiger partial charge in [0.05, 0.1) is 0 Å². The minimum Gasteiger partial charge on any atom is -0.386 e. The van der Waals surface area contributed by atoms with Gasteiger partial charge < -0.3 is 5.11 Å². The Kier molecular flexibility index (Phi) is 3.81. The molecule has 1 aromatic rings. The quantitative estimate of drug-likeness (QED) is 0.743. The number of hydrogen-bond acceptors (Lipinski definition) is 1. The SMILES string of the molecule is CCC(O)C(F)(F)C#Cc1ccccc1. The summed E-state index contributed by atoms with van der Waals surface area (Å²) in [5, 5.41) is 9.01. The molecule has 1 aromatic carbocycles. The first-order valence-electron chi connectivity index (χ1n) is 4.70. The maximum Gasteiger partial charge on any atom is 0.333 e. The van der Waals surface area contributed by atoms with Crippen molar-refractivity contribution in [2.75, 3.05) is 0 Å². The van der Waals surface area contributed by atoms with E-state index in [9.17, 15) is 8.78 Å². The molecule has 0 fully saturated rings. The lowest BCUT2D eigenvalue weighted by molar-refractivity contribution is -0.0624. The number of benzene rings is 1. The molecule has 0 aliphatic heterocycles. The maximum atomic E-state index is 13.1. The predicted molar refractivity (Wildman–Crippen MR) is 54.6 cm³/mol. The molecule has 15 heavy (non-hydrogen) atoms. The van der Waals surface area contributed by atoms with Gasteiger partial charge >= 0.3 is 5.92 Å². The second-order valence-electron chi connectivity index (χ2n) is 3.16. The number of halogens is 2. The molecule has 0 aromatic heterocycles. The smallest absolute Gasteiger partial charge is 0.333 e. The Bertz CT molecular complexity index is 362. The largest absolute Gasteiger partial charge is 0.386 e. The van der Waals surface area contributed by atoms with Crippen LogP contribution in [0.1, 0.15) is 18.9 Å². The van der Waals surface area contributed by atoms with Crippen LogP contribution < -0.4 is 0 Å². The van der Waals surface area contributed by atoms with Gasteiger partial charge in [-0.05, 0) is 24.5 Å². The van der Waals surface area contributed by atoms with E-state index < -0.39 is 12.0 Å². The Labute approximate surface area is 87.7 Å². The zero-order valence-corrected chi connectivity index (χ0v) is 8.37. The Balaban J connectivity index is 2.82.